The first-order valence-corrected chi connectivity index (χ1v) is 45.8. The van der Waals surface area contributed by atoms with Crippen LogP contribution in [0.15, 0.2) is 46.1 Å². The van der Waals surface area contributed by atoms with Gasteiger partial charge in [-0.05, 0) is 133 Å². The number of carbonyl (C=O) groups is 4. The highest BCUT2D eigenvalue weighted by Crippen LogP contribution is 2.51. The van der Waals surface area contributed by atoms with Crippen molar-refractivity contribution in [2.45, 2.75) is 342 Å². The first-order chi connectivity index (χ1) is 59.3. The maximum atomic E-state index is 14.7. The average molecular weight is 1800 g/mol. The second kappa shape index (κ2) is 46.1. The van der Waals surface area contributed by atoms with E-state index in [1.807, 2.05) is 65.6 Å². The number of phenols is 2. The molecule has 7 heterocycles. The van der Waals surface area contributed by atoms with Crippen molar-refractivity contribution >= 4 is 40.1 Å². The van der Waals surface area contributed by atoms with Crippen LogP contribution in [-0.2, 0) is 57.0 Å². The van der Waals surface area contributed by atoms with E-state index in [-0.39, 0.29) is 118 Å². The number of nitrogens with zero attached hydrogens (tertiary/aromatic N) is 5. The van der Waals surface area contributed by atoms with E-state index in [0.29, 0.717) is 44.8 Å². The molecule has 724 valence electrons. The lowest BCUT2D eigenvalue weighted by molar-refractivity contribution is -0.318. The Balaban J connectivity index is 0.000000305. The Hall–Kier alpha value is -6.00. The molecule has 0 saturated carbocycles. The van der Waals surface area contributed by atoms with Crippen LogP contribution in [-0.4, -0.2) is 321 Å². The molecule has 7 aliphatic heterocycles. The Morgan fingerprint density at radius 3 is 1.91 bits per heavy atom. The molecule has 2 unspecified atom stereocenters. The van der Waals surface area contributed by atoms with E-state index in [1.54, 1.807) is 107 Å². The summed E-state index contributed by atoms with van der Waals surface area (Å²) in [5.41, 5.74) is -4.95. The third kappa shape index (κ3) is 25.5. The van der Waals surface area contributed by atoms with Gasteiger partial charge in [0, 0.05) is 157 Å². The van der Waals surface area contributed by atoms with Gasteiger partial charge in [-0.2, -0.15) is 0 Å². The number of cyclic esters (lactones) is 1. The Labute approximate surface area is 752 Å². The minimum Gasteiger partial charge on any atom is -0.507 e. The number of hydrogen-bond acceptors (Lipinski definition) is 32. The summed E-state index contributed by atoms with van der Waals surface area (Å²) in [4.78, 5) is 71.7. The van der Waals surface area contributed by atoms with Crippen molar-refractivity contribution in [2.75, 3.05) is 93.2 Å². The van der Waals surface area contributed by atoms with Crippen molar-refractivity contribution < 1.29 is 123 Å². The van der Waals surface area contributed by atoms with Crippen LogP contribution in [0.3, 0.4) is 0 Å². The van der Waals surface area contributed by atoms with Gasteiger partial charge >= 0.3 is 17.7 Å². The van der Waals surface area contributed by atoms with Crippen LogP contribution in [0, 0.1) is 54.3 Å². The number of carbonyl (C=O) groups excluding carboxylic acids is 4. The van der Waals surface area contributed by atoms with E-state index in [0.717, 1.165) is 32.5 Å². The number of aliphatic hydroxyl groups is 9. The number of esters is 2. The number of Topliss-reactive ketones (excluding diaryl/α,β-unsaturated/α-hetero) is 1. The van der Waals surface area contributed by atoms with Crippen LogP contribution in [0.4, 0.5) is 5.69 Å². The second-order valence-electron chi connectivity index (χ2n) is 38.6. The maximum absolute atomic E-state index is 14.7. The number of likely N-dealkylation sites (N-methyl/N-ethyl adjacent to an activating group) is 2. The van der Waals surface area contributed by atoms with Gasteiger partial charge in [0.15, 0.2) is 24.0 Å². The molecular weight excluding hydrogens is 1640 g/mol. The smallest absolute Gasteiger partial charge is 0.312 e. The molecule has 7 aliphatic rings. The van der Waals surface area contributed by atoms with Gasteiger partial charge in [0.2, 0.25) is 0 Å². The molecule has 29 atom stereocenters. The highest BCUT2D eigenvalue weighted by molar-refractivity contribution is 6.19. The molecule has 2 aromatic rings. The number of allylic oxidation sites excluding steroid dienone is 2. The number of likely N-dealkylation sites (tertiary alicyclic amines) is 1. The molecule has 0 aromatic heterocycles. The van der Waals surface area contributed by atoms with Crippen LogP contribution in [0.5, 0.6) is 17.2 Å². The number of phenolic OH excluding ortho intramolecular Hbond substituents is 2. The molecule has 2 aromatic carbocycles. The van der Waals surface area contributed by atoms with Gasteiger partial charge in [0.25, 0.3) is 11.7 Å². The summed E-state index contributed by atoms with van der Waals surface area (Å²) in [6.45, 7) is 43.7. The second-order valence-corrected chi connectivity index (χ2v) is 38.6. The number of amides is 1. The van der Waals surface area contributed by atoms with E-state index in [1.165, 1.54) is 41.3 Å². The number of rotatable bonds is 20. The number of ketones is 1. The number of benzene rings is 2. The molecule has 1 amide bonds. The fourth-order valence-electron chi connectivity index (χ4n) is 19.2. The highest BCUT2D eigenvalue weighted by atomic mass is 16.7. The summed E-state index contributed by atoms with van der Waals surface area (Å²) in [6, 6.07) is -0.408. The summed E-state index contributed by atoms with van der Waals surface area (Å²) in [5, 5.41) is 133. The molecule has 4 saturated heterocycles. The van der Waals surface area contributed by atoms with Gasteiger partial charge in [-0.15, -0.1) is 0 Å². The fourth-order valence-corrected chi connectivity index (χ4v) is 19.2. The first-order valence-electron chi connectivity index (χ1n) is 45.8. The molecule has 0 aliphatic carbocycles. The SMILES string of the molecule is CCC(CO)NCCNC(CC)CO.CC[C@H]1OC(=O)[C@H](C)[C@@H](O[C@H]2C[C@@](C)(OC)[C@@H](O)[C@H](C)O2)[C@H](C)[C@@H](O[C@@H]2O[C@H](C)C[C@H](N(C)C)[C@H]2O)[C@](C)(O)C[C@@H](C)CN(C)[C@H](C)[C@@H](O)[C@]1(C)O.CO[C@H]1/C=C\O[C@@]2(C)Oc3c(C)c(O)c4c(O)c(c5c(c4c3C2=O)=NC2(CCN(CC(C)C)CC2)N=5)NC(=O)/C(C)=C/C=C\[C@H](C)[C@H](O)[C@@H](C)[C@@H](O)[C@@H](C)[C@@H](OC(C)=O)[C@H]1C. The lowest BCUT2D eigenvalue weighted by Gasteiger charge is -2.48. The summed E-state index contributed by atoms with van der Waals surface area (Å²) in [6.07, 6.45) is -1.28. The number of nitrogens with one attached hydrogen (secondary N) is 3. The van der Waals surface area contributed by atoms with E-state index in [9.17, 15) is 65.1 Å². The predicted molar refractivity (Wildman–Crippen MR) is 480 cm³/mol. The van der Waals surface area contributed by atoms with E-state index >= 15 is 0 Å². The molecule has 4 bridgehead atoms. The van der Waals surface area contributed by atoms with Gasteiger partial charge in [-0.3, -0.25) is 29.2 Å². The predicted octanol–water partition coefficient (Wildman–Crippen LogP) is 6.36. The summed E-state index contributed by atoms with van der Waals surface area (Å²) in [7, 11) is 8.59. The molecular formula is C94H158N8O25. The minimum atomic E-state index is -1.96. The van der Waals surface area contributed by atoms with Crippen molar-refractivity contribution in [1.29, 1.82) is 0 Å². The largest absolute Gasteiger partial charge is 0.507 e. The Morgan fingerprint density at radius 2 is 1.36 bits per heavy atom. The van der Waals surface area contributed by atoms with E-state index < -0.39 is 179 Å². The zero-order chi connectivity index (χ0) is 95.4. The lowest BCUT2D eigenvalue weighted by atomic mass is 9.77. The van der Waals surface area contributed by atoms with Crippen LogP contribution < -0.4 is 31.4 Å². The normalized spacial score (nSPS) is 37.7. The van der Waals surface area contributed by atoms with Gasteiger partial charge in [-0.25, -0.2) is 0 Å². The summed E-state index contributed by atoms with van der Waals surface area (Å²) in [5.74, 6) is -9.03. The van der Waals surface area contributed by atoms with Crippen molar-refractivity contribution in [3.8, 4) is 17.2 Å². The monoisotopic (exact) mass is 1800 g/mol. The molecule has 9 rings (SSSR count). The number of aliphatic hydroxyl groups excluding tert-OH is 7. The standard InChI is InChI=1S/C46H62N4O11.C38H72N2O12.C10H24N2O2/c1-22(2)21-50-18-16-46(17-19-50)48-34-31-32-39(54)28(8)42-33(31)43(56)45(10,61-42)59-20-15-30(58-11)25(5)41(60-29(9)51)27(7)38(53)26(6)37(52)23(3)13-12-14-24(4)44(57)47-36(40(32)55)35(34)49-46;1-15-27-38(10,46)31(42)24(6)40(13)19-20(2)17-36(8,45)33(52-35-29(41)26(39(11)12)16-21(3)48-35)22(4)30(23(5)34(44)50-27)51-28-18-37(9,47-14)32(43)25(7)49-28;1-3-9(7-13)11-5-6-12-10(4-2)8-14/h12-15,20,22-23,25-27,30,37-38,41,52-55H,16-19,21H2,1-11H3,(H,47,57);20-33,35,41-43,45-46H,15-19H2,1-14H3;9-14H,3-8H2,1-2H3/b13-12-,20-15-,24-14+;;/t23-,25-,26+,27+,30-,37-,38+,41-,45-;20-,21-,22+,23-,24-,25+,26+,27-,28+,29-,30+,31-,32+,33-,35+,36-,37-,38-;/m01./s1. The number of piperidine rings is 1. The number of hydrogen-bond donors (Lipinski definition) is 14. The minimum absolute atomic E-state index is 0.0364. The quantitative estimate of drug-likeness (QED) is 0.0389. The van der Waals surface area contributed by atoms with Crippen LogP contribution in [0.25, 0.3) is 10.8 Å². The number of aromatic hydroxyl groups is 2. The molecule has 4 fully saturated rings. The molecule has 33 nitrogen and oxygen atoms in total. The van der Waals surface area contributed by atoms with E-state index in [4.69, 9.17) is 67.6 Å². The Morgan fingerprint density at radius 1 is 0.756 bits per heavy atom. The number of fused-ring (bicyclic) bond motifs is 1. The average Bonchev–Trinajstić information content (AvgIpc) is 1.54. The Bertz CT molecular complexity index is 4160. The topological polar surface area (TPSA) is 454 Å². The highest BCUT2D eigenvalue weighted by Gasteiger charge is 2.55. The zero-order valence-corrected chi connectivity index (χ0v) is 80.6. The Kier molecular flexibility index (Phi) is 39.2. The molecule has 1 spiro atoms. The van der Waals surface area contributed by atoms with Gasteiger partial charge < -0.3 is 134 Å². The van der Waals surface area contributed by atoms with E-state index in [2.05, 4.69) is 34.7 Å². The first kappa shape index (κ1) is 108. The zero-order valence-electron chi connectivity index (χ0n) is 80.6. The number of methoxy groups -OCH3 is 2. The third-order valence-corrected chi connectivity index (χ3v) is 27.5. The molecule has 14 N–H and O–H groups in total. The van der Waals surface area contributed by atoms with Crippen molar-refractivity contribution in [2.24, 2.45) is 57.3 Å². The van der Waals surface area contributed by atoms with Gasteiger partial charge in [0.05, 0.1) is 95.6 Å². The fraction of sp³-hybridized carbons (Fsp3) is 0.787. The lowest BCUT2D eigenvalue weighted by Crippen LogP contribution is -2.60. The summed E-state index contributed by atoms with van der Waals surface area (Å²) < 4.78 is 61.5. The van der Waals surface area contributed by atoms with Crippen LogP contribution in [0.1, 0.15) is 213 Å². The van der Waals surface area contributed by atoms with Crippen molar-refractivity contribution in [1.82, 2.24) is 25.3 Å². The molecule has 33 heteroatoms. The van der Waals surface area contributed by atoms with Crippen molar-refractivity contribution in [3.05, 3.63) is 58.0 Å². The number of anilines is 1. The molecule has 0 radical (unpaired) electrons. The van der Waals surface area contributed by atoms with Crippen LogP contribution in [0.2, 0.25) is 0 Å². The van der Waals surface area contributed by atoms with Gasteiger partial charge in [-0.1, -0.05) is 94.4 Å². The summed E-state index contributed by atoms with van der Waals surface area (Å²) >= 11 is 0. The maximum Gasteiger partial charge on any atom is 0.312 e. The van der Waals surface area contributed by atoms with Crippen LogP contribution >= 0.6 is 0 Å². The molecule has 127 heavy (non-hydrogen) atoms. The van der Waals surface area contributed by atoms with Crippen molar-refractivity contribution in [3.63, 3.8) is 0 Å². The third-order valence-electron chi connectivity index (χ3n) is 27.5. The van der Waals surface area contributed by atoms with Gasteiger partial charge in [0.1, 0.15) is 58.7 Å². The number of ether oxygens (including phenoxy) is 10.